The van der Waals surface area contributed by atoms with Crippen LogP contribution in [0.5, 0.6) is 11.6 Å². The van der Waals surface area contributed by atoms with Crippen molar-refractivity contribution in [3.8, 4) is 11.6 Å². The zero-order valence-corrected chi connectivity index (χ0v) is 18.4. The Balaban J connectivity index is 1.61. The van der Waals surface area contributed by atoms with Crippen molar-refractivity contribution in [1.82, 2.24) is 9.88 Å². The lowest BCUT2D eigenvalue weighted by molar-refractivity contribution is -0.114. The first-order chi connectivity index (χ1) is 14.8. The van der Waals surface area contributed by atoms with E-state index in [9.17, 15) is 9.59 Å². The second-order valence-electron chi connectivity index (χ2n) is 6.72. The topological polar surface area (TPSA) is 83.6 Å². The first-order valence-electron chi connectivity index (χ1n) is 9.27. The first-order valence-corrected chi connectivity index (χ1v) is 10.0. The molecule has 7 nitrogen and oxygen atoms in total. The van der Waals surface area contributed by atoms with Crippen LogP contribution in [0.3, 0.4) is 0 Å². The van der Waals surface area contributed by atoms with Gasteiger partial charge in [0.25, 0.3) is 5.91 Å². The van der Waals surface area contributed by atoms with Gasteiger partial charge in [-0.15, -0.1) is 0 Å². The monoisotopic (exact) mass is 458 g/mol. The molecule has 0 fully saturated rings. The number of hydrogen-bond donors (Lipinski definition) is 2. The number of ether oxygens (including phenoxy) is 1. The molecule has 2 amide bonds. The third kappa shape index (κ3) is 6.10. The summed E-state index contributed by atoms with van der Waals surface area (Å²) in [7, 11) is 3.37. The average molecular weight is 459 g/mol. The summed E-state index contributed by atoms with van der Waals surface area (Å²) in [5.74, 6) is 0.297. The maximum Gasteiger partial charge on any atom is 0.253 e. The van der Waals surface area contributed by atoms with Crippen molar-refractivity contribution in [2.45, 2.75) is 0 Å². The summed E-state index contributed by atoms with van der Waals surface area (Å²) in [6, 6.07) is 15.3. The van der Waals surface area contributed by atoms with Gasteiger partial charge < -0.3 is 20.3 Å². The third-order valence-corrected chi connectivity index (χ3v) is 4.61. The molecule has 3 aromatic rings. The highest BCUT2D eigenvalue weighted by Crippen LogP contribution is 2.33. The fourth-order valence-corrected chi connectivity index (χ4v) is 3.04. The lowest BCUT2D eigenvalue weighted by Gasteiger charge is -2.13. The second-order valence-corrected chi connectivity index (χ2v) is 7.56. The minimum Gasteiger partial charge on any atom is -0.435 e. The van der Waals surface area contributed by atoms with Gasteiger partial charge in [0.05, 0.1) is 17.3 Å². The summed E-state index contributed by atoms with van der Waals surface area (Å²) in [5, 5.41) is 6.49. The first kappa shape index (κ1) is 22.4. The van der Waals surface area contributed by atoms with Crippen LogP contribution in [0.25, 0.3) is 0 Å². The van der Waals surface area contributed by atoms with Gasteiger partial charge in [-0.2, -0.15) is 0 Å². The SMILES string of the molecule is CN(C)C(=O)c1ccc(NC(=O)CNc2ccccc2Oc2ncc(Cl)cc2Cl)cc1. The molecule has 0 atom stereocenters. The maximum atomic E-state index is 12.3. The maximum absolute atomic E-state index is 12.3. The molecule has 160 valence electrons. The van der Waals surface area contributed by atoms with E-state index in [-0.39, 0.29) is 29.3 Å². The number of amides is 2. The molecule has 1 heterocycles. The Morgan fingerprint density at radius 2 is 1.77 bits per heavy atom. The molecule has 0 saturated carbocycles. The van der Waals surface area contributed by atoms with E-state index < -0.39 is 0 Å². The molecule has 0 unspecified atom stereocenters. The predicted molar refractivity (Wildman–Crippen MR) is 122 cm³/mol. The van der Waals surface area contributed by atoms with Gasteiger partial charge in [0.1, 0.15) is 5.02 Å². The lowest BCUT2D eigenvalue weighted by atomic mass is 10.2. The Hall–Kier alpha value is -3.29. The van der Waals surface area contributed by atoms with E-state index in [2.05, 4.69) is 15.6 Å². The lowest BCUT2D eigenvalue weighted by Crippen LogP contribution is -2.23. The number of pyridine rings is 1. The zero-order chi connectivity index (χ0) is 22.4. The van der Waals surface area contributed by atoms with Crippen LogP contribution in [-0.2, 0) is 4.79 Å². The van der Waals surface area contributed by atoms with Gasteiger partial charge in [0, 0.05) is 31.5 Å². The smallest absolute Gasteiger partial charge is 0.253 e. The van der Waals surface area contributed by atoms with Crippen LogP contribution in [0.4, 0.5) is 11.4 Å². The summed E-state index contributed by atoms with van der Waals surface area (Å²) in [4.78, 5) is 29.8. The highest BCUT2D eigenvalue weighted by Gasteiger charge is 2.11. The van der Waals surface area contributed by atoms with Crippen LogP contribution in [0, 0.1) is 0 Å². The standard InChI is InChI=1S/C22H20Cl2N4O3/c1-28(2)22(30)14-7-9-16(10-8-14)27-20(29)13-25-18-5-3-4-6-19(18)31-21-17(24)11-15(23)12-26-21/h3-12,25H,13H2,1-2H3,(H,27,29). The Bertz CT molecular complexity index is 1090. The predicted octanol–water partition coefficient (Wildman–Crippen LogP) is 4.93. The number of carbonyl (C=O) groups is 2. The molecule has 0 radical (unpaired) electrons. The van der Waals surface area contributed by atoms with Crippen molar-refractivity contribution in [1.29, 1.82) is 0 Å². The van der Waals surface area contributed by atoms with Crippen LogP contribution >= 0.6 is 23.2 Å². The van der Waals surface area contributed by atoms with E-state index in [1.54, 1.807) is 56.6 Å². The van der Waals surface area contributed by atoms with Gasteiger partial charge in [0.15, 0.2) is 5.75 Å². The number of para-hydroxylation sites is 2. The minimum atomic E-state index is -0.260. The third-order valence-electron chi connectivity index (χ3n) is 4.13. The molecule has 0 spiro atoms. The zero-order valence-electron chi connectivity index (χ0n) is 16.9. The van der Waals surface area contributed by atoms with Gasteiger partial charge in [-0.25, -0.2) is 4.98 Å². The number of anilines is 2. The Morgan fingerprint density at radius 3 is 2.45 bits per heavy atom. The number of nitrogens with one attached hydrogen (secondary N) is 2. The molecule has 0 aliphatic heterocycles. The Labute approximate surface area is 189 Å². The van der Waals surface area contributed by atoms with E-state index in [0.29, 0.717) is 27.7 Å². The minimum absolute atomic E-state index is 0.000527. The largest absolute Gasteiger partial charge is 0.435 e. The second kappa shape index (κ2) is 10.1. The quantitative estimate of drug-likeness (QED) is 0.524. The fourth-order valence-electron chi connectivity index (χ4n) is 2.62. The molecule has 0 saturated heterocycles. The number of benzene rings is 2. The fraction of sp³-hybridized carbons (Fsp3) is 0.136. The van der Waals surface area contributed by atoms with E-state index in [0.717, 1.165) is 0 Å². The van der Waals surface area contributed by atoms with Gasteiger partial charge in [-0.1, -0.05) is 35.3 Å². The molecule has 0 aliphatic rings. The molecule has 2 N–H and O–H groups in total. The molecular formula is C22H20Cl2N4O3. The van der Waals surface area contributed by atoms with Crippen molar-refractivity contribution in [2.24, 2.45) is 0 Å². The van der Waals surface area contributed by atoms with Crippen LogP contribution in [0.1, 0.15) is 10.4 Å². The molecule has 2 aromatic carbocycles. The number of halogens is 2. The highest BCUT2D eigenvalue weighted by molar-refractivity contribution is 6.35. The molecule has 1 aromatic heterocycles. The van der Waals surface area contributed by atoms with Crippen molar-refractivity contribution in [3.05, 3.63) is 76.4 Å². The normalized spacial score (nSPS) is 10.3. The summed E-state index contributed by atoms with van der Waals surface area (Å²) in [6.45, 7) is 0.000527. The number of nitrogens with zero attached hydrogens (tertiary/aromatic N) is 2. The van der Waals surface area contributed by atoms with Crippen molar-refractivity contribution < 1.29 is 14.3 Å². The van der Waals surface area contributed by atoms with E-state index in [4.69, 9.17) is 27.9 Å². The summed E-state index contributed by atoms with van der Waals surface area (Å²) >= 11 is 12.0. The average Bonchev–Trinajstić information content (AvgIpc) is 2.75. The molecule has 0 bridgehead atoms. The van der Waals surface area contributed by atoms with Crippen LogP contribution in [0.15, 0.2) is 60.8 Å². The number of hydrogen-bond acceptors (Lipinski definition) is 5. The van der Waals surface area contributed by atoms with Gasteiger partial charge in [-0.3, -0.25) is 9.59 Å². The number of rotatable bonds is 7. The van der Waals surface area contributed by atoms with Crippen molar-refractivity contribution >= 4 is 46.4 Å². The summed E-state index contributed by atoms with van der Waals surface area (Å²) < 4.78 is 5.77. The number of carbonyl (C=O) groups excluding carboxylic acids is 2. The molecular weight excluding hydrogens is 439 g/mol. The molecule has 0 aliphatic carbocycles. The number of aromatic nitrogens is 1. The van der Waals surface area contributed by atoms with E-state index in [1.165, 1.54) is 17.2 Å². The molecule has 9 heteroatoms. The Kier molecular flexibility index (Phi) is 7.33. The van der Waals surface area contributed by atoms with E-state index in [1.807, 2.05) is 6.07 Å². The Morgan fingerprint density at radius 1 is 1.06 bits per heavy atom. The van der Waals surface area contributed by atoms with E-state index >= 15 is 0 Å². The van der Waals surface area contributed by atoms with Crippen molar-refractivity contribution in [2.75, 3.05) is 31.3 Å². The van der Waals surface area contributed by atoms with Crippen molar-refractivity contribution in [3.63, 3.8) is 0 Å². The highest BCUT2D eigenvalue weighted by atomic mass is 35.5. The van der Waals surface area contributed by atoms with Crippen LogP contribution < -0.4 is 15.4 Å². The van der Waals surface area contributed by atoms with Crippen LogP contribution in [0.2, 0.25) is 10.0 Å². The summed E-state index contributed by atoms with van der Waals surface area (Å²) in [6.07, 6.45) is 1.43. The van der Waals surface area contributed by atoms with Gasteiger partial charge in [0.2, 0.25) is 11.8 Å². The summed E-state index contributed by atoms with van der Waals surface area (Å²) in [5.41, 5.74) is 1.72. The van der Waals surface area contributed by atoms with Gasteiger partial charge >= 0.3 is 0 Å². The molecule has 3 rings (SSSR count). The van der Waals surface area contributed by atoms with Gasteiger partial charge in [-0.05, 0) is 42.5 Å². The van der Waals surface area contributed by atoms with Crippen LogP contribution in [-0.4, -0.2) is 42.3 Å². The molecule has 31 heavy (non-hydrogen) atoms.